The highest BCUT2D eigenvalue weighted by Gasteiger charge is 2.24. The first-order chi connectivity index (χ1) is 8.22. The van der Waals surface area contributed by atoms with Crippen molar-refractivity contribution < 1.29 is 0 Å². The van der Waals surface area contributed by atoms with E-state index in [1.807, 2.05) is 12.3 Å². The van der Waals surface area contributed by atoms with Gasteiger partial charge < -0.3 is 5.32 Å². The molecule has 0 amide bonds. The third-order valence-electron chi connectivity index (χ3n) is 3.84. The molecular formula is C14H21BrN2. The van der Waals surface area contributed by atoms with E-state index in [1.165, 1.54) is 37.7 Å². The van der Waals surface area contributed by atoms with Gasteiger partial charge in [-0.1, -0.05) is 26.2 Å². The first-order valence-electron chi connectivity index (χ1n) is 6.60. The lowest BCUT2D eigenvalue weighted by Crippen LogP contribution is -2.32. The molecule has 2 atom stereocenters. The Hall–Kier alpha value is -0.570. The molecule has 1 heterocycles. The Labute approximate surface area is 112 Å². The normalized spacial score (nSPS) is 24.6. The van der Waals surface area contributed by atoms with Crippen LogP contribution in [0.3, 0.4) is 0 Å². The van der Waals surface area contributed by atoms with Gasteiger partial charge in [0.2, 0.25) is 0 Å². The molecule has 1 aliphatic rings. The minimum atomic E-state index is 0.597. The summed E-state index contributed by atoms with van der Waals surface area (Å²) in [4.78, 5) is 4.44. The van der Waals surface area contributed by atoms with Crippen LogP contribution in [0, 0.1) is 12.8 Å². The number of anilines is 1. The van der Waals surface area contributed by atoms with Crippen LogP contribution >= 0.6 is 15.9 Å². The maximum Gasteiger partial charge on any atom is 0.140 e. The van der Waals surface area contributed by atoms with E-state index >= 15 is 0 Å². The topological polar surface area (TPSA) is 24.9 Å². The summed E-state index contributed by atoms with van der Waals surface area (Å²) >= 11 is 3.62. The first-order valence-corrected chi connectivity index (χ1v) is 7.39. The molecule has 0 aromatic carbocycles. The molecule has 0 spiro atoms. The van der Waals surface area contributed by atoms with Crippen LogP contribution in [0.2, 0.25) is 0 Å². The summed E-state index contributed by atoms with van der Waals surface area (Å²) in [5, 5.41) is 3.63. The van der Waals surface area contributed by atoms with E-state index in [-0.39, 0.29) is 0 Å². The highest BCUT2D eigenvalue weighted by atomic mass is 79.9. The molecule has 94 valence electrons. The van der Waals surface area contributed by atoms with Gasteiger partial charge in [0.05, 0.1) is 4.47 Å². The van der Waals surface area contributed by atoms with Gasteiger partial charge in [-0.05, 0) is 53.2 Å². The Kier molecular flexibility index (Phi) is 4.43. The number of nitrogens with zero attached hydrogens (tertiary/aromatic N) is 1. The predicted octanol–water partition coefficient (Wildman–Crippen LogP) is 4.53. The molecule has 1 aromatic rings. The summed E-state index contributed by atoms with van der Waals surface area (Å²) in [6.07, 6.45) is 8.52. The van der Waals surface area contributed by atoms with Crippen molar-refractivity contribution in [3.63, 3.8) is 0 Å². The van der Waals surface area contributed by atoms with Crippen molar-refractivity contribution in [3.05, 3.63) is 22.3 Å². The van der Waals surface area contributed by atoms with Gasteiger partial charge in [-0.3, -0.25) is 0 Å². The average Bonchev–Trinajstić information content (AvgIpc) is 2.35. The smallest absolute Gasteiger partial charge is 0.140 e. The summed E-state index contributed by atoms with van der Waals surface area (Å²) < 4.78 is 1.11. The summed E-state index contributed by atoms with van der Waals surface area (Å²) in [7, 11) is 0. The second kappa shape index (κ2) is 5.85. The molecular weight excluding hydrogens is 276 g/mol. The highest BCUT2D eigenvalue weighted by Crippen LogP contribution is 2.31. The van der Waals surface area contributed by atoms with Crippen LogP contribution < -0.4 is 5.32 Å². The van der Waals surface area contributed by atoms with Crippen molar-refractivity contribution in [2.45, 2.75) is 52.0 Å². The van der Waals surface area contributed by atoms with E-state index in [4.69, 9.17) is 0 Å². The van der Waals surface area contributed by atoms with Crippen LogP contribution in [0.25, 0.3) is 0 Å². The van der Waals surface area contributed by atoms with E-state index in [1.54, 1.807) is 0 Å². The molecule has 1 fully saturated rings. The first kappa shape index (κ1) is 12.9. The molecule has 2 unspecified atom stereocenters. The summed E-state index contributed by atoms with van der Waals surface area (Å²) in [6, 6.07) is 2.63. The summed E-state index contributed by atoms with van der Waals surface area (Å²) in [5.74, 6) is 1.81. The van der Waals surface area contributed by atoms with Crippen molar-refractivity contribution in [3.8, 4) is 0 Å². The third kappa shape index (κ3) is 3.01. The molecule has 2 nitrogen and oxygen atoms in total. The molecule has 17 heavy (non-hydrogen) atoms. The van der Waals surface area contributed by atoms with Crippen LogP contribution in [0.15, 0.2) is 16.7 Å². The monoisotopic (exact) mass is 296 g/mol. The fraction of sp³-hybridized carbons (Fsp3) is 0.643. The fourth-order valence-electron chi connectivity index (χ4n) is 2.70. The Morgan fingerprint density at radius 2 is 2.18 bits per heavy atom. The van der Waals surface area contributed by atoms with E-state index in [0.29, 0.717) is 6.04 Å². The van der Waals surface area contributed by atoms with Gasteiger partial charge in [0.1, 0.15) is 5.82 Å². The zero-order valence-corrected chi connectivity index (χ0v) is 12.3. The quantitative estimate of drug-likeness (QED) is 0.886. The van der Waals surface area contributed by atoms with Gasteiger partial charge >= 0.3 is 0 Å². The zero-order chi connectivity index (χ0) is 12.3. The number of hydrogen-bond donors (Lipinski definition) is 1. The number of halogens is 1. The SMILES string of the molecule is CCC1CCCCC1Nc1nccc(C)c1Br. The Bertz CT molecular complexity index is 378. The molecule has 3 heteroatoms. The van der Waals surface area contributed by atoms with Crippen LogP contribution in [-0.4, -0.2) is 11.0 Å². The van der Waals surface area contributed by atoms with Crippen LogP contribution in [0.1, 0.15) is 44.6 Å². The molecule has 1 saturated carbocycles. The van der Waals surface area contributed by atoms with Crippen molar-refractivity contribution in [1.29, 1.82) is 0 Å². The van der Waals surface area contributed by atoms with Gasteiger partial charge in [0, 0.05) is 12.2 Å². The van der Waals surface area contributed by atoms with Crippen molar-refractivity contribution in [1.82, 2.24) is 4.98 Å². The van der Waals surface area contributed by atoms with Crippen LogP contribution in [0.4, 0.5) is 5.82 Å². The van der Waals surface area contributed by atoms with Gasteiger partial charge in [-0.15, -0.1) is 0 Å². The lowest BCUT2D eigenvalue weighted by molar-refractivity contribution is 0.316. The number of aromatic nitrogens is 1. The minimum Gasteiger partial charge on any atom is -0.366 e. The lowest BCUT2D eigenvalue weighted by Gasteiger charge is -2.32. The maximum atomic E-state index is 4.44. The number of pyridine rings is 1. The number of hydrogen-bond acceptors (Lipinski definition) is 2. The minimum absolute atomic E-state index is 0.597. The average molecular weight is 297 g/mol. The van der Waals surface area contributed by atoms with Crippen LogP contribution in [0.5, 0.6) is 0 Å². The van der Waals surface area contributed by atoms with E-state index in [9.17, 15) is 0 Å². The summed E-state index contributed by atoms with van der Waals surface area (Å²) in [6.45, 7) is 4.40. The molecule has 1 aliphatic carbocycles. The Morgan fingerprint density at radius 1 is 1.41 bits per heavy atom. The lowest BCUT2D eigenvalue weighted by atomic mass is 9.83. The maximum absolute atomic E-state index is 4.44. The number of aryl methyl sites for hydroxylation is 1. The molecule has 1 aromatic heterocycles. The zero-order valence-electron chi connectivity index (χ0n) is 10.7. The molecule has 1 N–H and O–H groups in total. The van der Waals surface area contributed by atoms with Gasteiger partial charge in [0.25, 0.3) is 0 Å². The van der Waals surface area contributed by atoms with E-state index in [2.05, 4.69) is 40.1 Å². The standard InChI is InChI=1S/C14H21BrN2/c1-3-11-6-4-5-7-12(11)17-14-13(15)10(2)8-9-16-14/h8-9,11-12H,3-7H2,1-2H3,(H,16,17). The van der Waals surface area contributed by atoms with E-state index < -0.39 is 0 Å². The van der Waals surface area contributed by atoms with Crippen molar-refractivity contribution >= 4 is 21.7 Å². The largest absolute Gasteiger partial charge is 0.366 e. The molecule has 2 rings (SSSR count). The second-order valence-electron chi connectivity index (χ2n) is 4.99. The van der Waals surface area contributed by atoms with Gasteiger partial charge in [-0.2, -0.15) is 0 Å². The molecule has 0 bridgehead atoms. The summed E-state index contributed by atoms with van der Waals surface area (Å²) in [5.41, 5.74) is 1.24. The Morgan fingerprint density at radius 3 is 2.94 bits per heavy atom. The second-order valence-corrected chi connectivity index (χ2v) is 5.79. The van der Waals surface area contributed by atoms with Crippen molar-refractivity contribution in [2.24, 2.45) is 5.92 Å². The highest BCUT2D eigenvalue weighted by molar-refractivity contribution is 9.10. The molecule has 0 saturated heterocycles. The predicted molar refractivity (Wildman–Crippen MR) is 76.3 cm³/mol. The van der Waals surface area contributed by atoms with Gasteiger partial charge in [-0.25, -0.2) is 4.98 Å². The van der Waals surface area contributed by atoms with Gasteiger partial charge in [0.15, 0.2) is 0 Å². The van der Waals surface area contributed by atoms with E-state index in [0.717, 1.165) is 16.2 Å². The fourth-order valence-corrected chi connectivity index (χ4v) is 3.05. The third-order valence-corrected chi connectivity index (χ3v) is 4.84. The number of rotatable bonds is 3. The molecule has 0 radical (unpaired) electrons. The number of nitrogens with one attached hydrogen (secondary N) is 1. The van der Waals surface area contributed by atoms with Crippen molar-refractivity contribution in [2.75, 3.05) is 5.32 Å². The van der Waals surface area contributed by atoms with Crippen LogP contribution in [-0.2, 0) is 0 Å². The molecule has 0 aliphatic heterocycles. The Balaban J connectivity index is 2.11.